The van der Waals surface area contributed by atoms with Crippen LogP contribution in [-0.2, 0) is 16.1 Å². The normalized spacial score (nSPS) is 12.9. The van der Waals surface area contributed by atoms with E-state index < -0.39 is 5.60 Å². The summed E-state index contributed by atoms with van der Waals surface area (Å²) >= 11 is 1.50. The van der Waals surface area contributed by atoms with E-state index in [2.05, 4.69) is 11.4 Å². The maximum atomic E-state index is 11.9. The van der Waals surface area contributed by atoms with Crippen molar-refractivity contribution in [1.29, 1.82) is 5.26 Å². The Morgan fingerprint density at radius 2 is 1.88 bits per heavy atom. The van der Waals surface area contributed by atoms with Crippen LogP contribution in [0.3, 0.4) is 0 Å². The first-order valence-corrected chi connectivity index (χ1v) is 8.78. The van der Waals surface area contributed by atoms with E-state index in [4.69, 9.17) is 5.26 Å². The molecule has 0 saturated heterocycles. The molecule has 1 amide bonds. The molecule has 0 spiro atoms. The molecule has 2 aromatic rings. The van der Waals surface area contributed by atoms with Crippen molar-refractivity contribution < 1.29 is 9.90 Å². The molecule has 0 bridgehead atoms. The van der Waals surface area contributed by atoms with Gasteiger partial charge in [0.2, 0.25) is 5.91 Å². The van der Waals surface area contributed by atoms with Crippen LogP contribution >= 0.6 is 11.8 Å². The molecule has 5 heteroatoms. The number of rotatable bonds is 7. The fourth-order valence-corrected chi connectivity index (χ4v) is 2.98. The van der Waals surface area contributed by atoms with Gasteiger partial charge in [0.05, 0.1) is 23.9 Å². The monoisotopic (exact) mass is 340 g/mol. The number of carbonyl (C=O) groups excluding carboxylic acids is 1. The summed E-state index contributed by atoms with van der Waals surface area (Å²) in [7, 11) is 0. The molecular formula is C19H20N2O2S. The van der Waals surface area contributed by atoms with Crippen LogP contribution in [0.15, 0.2) is 54.6 Å². The molecule has 4 nitrogen and oxygen atoms in total. The molecule has 0 radical (unpaired) electrons. The predicted octanol–water partition coefficient (Wildman–Crippen LogP) is 2.82. The number of amides is 1. The van der Waals surface area contributed by atoms with Crippen molar-refractivity contribution in [3.63, 3.8) is 0 Å². The van der Waals surface area contributed by atoms with Crippen molar-refractivity contribution in [2.45, 2.75) is 18.3 Å². The smallest absolute Gasteiger partial charge is 0.230 e. The lowest BCUT2D eigenvalue weighted by Crippen LogP contribution is -2.39. The van der Waals surface area contributed by atoms with Crippen LogP contribution in [0.5, 0.6) is 0 Å². The number of benzene rings is 2. The molecule has 124 valence electrons. The Bertz CT molecular complexity index is 706. The summed E-state index contributed by atoms with van der Waals surface area (Å²) in [6.07, 6.45) is 0. The quantitative estimate of drug-likeness (QED) is 0.813. The number of hydrogen-bond donors (Lipinski definition) is 2. The van der Waals surface area contributed by atoms with Crippen LogP contribution in [0.1, 0.15) is 23.6 Å². The van der Waals surface area contributed by atoms with Crippen LogP contribution in [0.4, 0.5) is 0 Å². The van der Waals surface area contributed by atoms with Gasteiger partial charge in [-0.25, -0.2) is 0 Å². The van der Waals surface area contributed by atoms with Crippen LogP contribution < -0.4 is 5.32 Å². The summed E-state index contributed by atoms with van der Waals surface area (Å²) in [5.74, 6) is 0.920. The van der Waals surface area contributed by atoms with Crippen molar-refractivity contribution in [3.8, 4) is 6.07 Å². The van der Waals surface area contributed by atoms with Gasteiger partial charge in [-0.05, 0) is 30.2 Å². The number of hydrogen-bond acceptors (Lipinski definition) is 4. The predicted molar refractivity (Wildman–Crippen MR) is 96.3 cm³/mol. The highest BCUT2D eigenvalue weighted by atomic mass is 32.2. The van der Waals surface area contributed by atoms with E-state index in [-0.39, 0.29) is 12.5 Å². The molecule has 0 aliphatic carbocycles. The van der Waals surface area contributed by atoms with Crippen molar-refractivity contribution in [3.05, 3.63) is 71.3 Å². The molecule has 0 aliphatic rings. The third kappa shape index (κ3) is 5.41. The van der Waals surface area contributed by atoms with Crippen molar-refractivity contribution >= 4 is 17.7 Å². The molecule has 2 aromatic carbocycles. The summed E-state index contributed by atoms with van der Waals surface area (Å²) in [6.45, 7) is 1.86. The lowest BCUT2D eigenvalue weighted by Gasteiger charge is -2.24. The zero-order chi connectivity index (χ0) is 17.4. The standard InChI is InChI=1S/C19H20N2O2S/c1-19(23,17-5-3-2-4-6-17)14-21-18(22)13-24-12-16-9-7-15(11-20)8-10-16/h2-10,23H,12-14H2,1H3,(H,21,22). The van der Waals surface area contributed by atoms with Crippen molar-refractivity contribution in [1.82, 2.24) is 5.32 Å². The Labute approximate surface area is 146 Å². The summed E-state index contributed by atoms with van der Waals surface area (Å²) in [5.41, 5.74) is 1.39. The molecular weight excluding hydrogens is 320 g/mol. The number of nitriles is 1. The Kier molecular flexibility index (Phi) is 6.42. The minimum atomic E-state index is -1.09. The molecule has 2 rings (SSSR count). The Hall–Kier alpha value is -2.29. The summed E-state index contributed by atoms with van der Waals surface area (Å²) < 4.78 is 0. The third-order valence-corrected chi connectivity index (χ3v) is 4.61. The summed E-state index contributed by atoms with van der Waals surface area (Å²) in [6, 6.07) is 18.7. The maximum Gasteiger partial charge on any atom is 0.230 e. The molecule has 0 aromatic heterocycles. The molecule has 0 aliphatic heterocycles. The van der Waals surface area contributed by atoms with Gasteiger partial charge < -0.3 is 10.4 Å². The Morgan fingerprint density at radius 3 is 2.50 bits per heavy atom. The van der Waals surface area contributed by atoms with Gasteiger partial charge in [-0.15, -0.1) is 11.8 Å². The van der Waals surface area contributed by atoms with Gasteiger partial charge in [0.15, 0.2) is 0 Å². The Morgan fingerprint density at radius 1 is 1.21 bits per heavy atom. The average molecular weight is 340 g/mol. The van der Waals surface area contributed by atoms with Gasteiger partial charge in [0.25, 0.3) is 0 Å². The number of nitrogens with zero attached hydrogens (tertiary/aromatic N) is 1. The molecule has 0 fully saturated rings. The number of carbonyl (C=O) groups is 1. The topological polar surface area (TPSA) is 73.1 Å². The molecule has 2 N–H and O–H groups in total. The van der Waals surface area contributed by atoms with Crippen LogP contribution in [-0.4, -0.2) is 23.3 Å². The van der Waals surface area contributed by atoms with Crippen LogP contribution in [0, 0.1) is 11.3 Å². The molecule has 1 atom stereocenters. The largest absolute Gasteiger partial charge is 0.384 e. The fourth-order valence-electron chi connectivity index (χ4n) is 2.16. The third-order valence-electron chi connectivity index (χ3n) is 3.61. The molecule has 24 heavy (non-hydrogen) atoms. The van der Waals surface area contributed by atoms with Crippen molar-refractivity contribution in [2.75, 3.05) is 12.3 Å². The van der Waals surface area contributed by atoms with Gasteiger partial charge in [-0.1, -0.05) is 42.5 Å². The summed E-state index contributed by atoms with van der Waals surface area (Å²) in [4.78, 5) is 11.9. The average Bonchev–Trinajstić information content (AvgIpc) is 2.61. The van der Waals surface area contributed by atoms with Crippen LogP contribution in [0.2, 0.25) is 0 Å². The fraction of sp³-hybridized carbons (Fsp3) is 0.263. The van der Waals surface area contributed by atoms with E-state index in [0.29, 0.717) is 17.1 Å². The number of nitrogens with one attached hydrogen (secondary N) is 1. The first kappa shape index (κ1) is 18.1. The highest BCUT2D eigenvalue weighted by Crippen LogP contribution is 2.19. The first-order chi connectivity index (χ1) is 11.5. The minimum absolute atomic E-state index is 0.107. The van der Waals surface area contributed by atoms with Gasteiger partial charge in [0, 0.05) is 5.75 Å². The maximum absolute atomic E-state index is 11.9. The van der Waals surface area contributed by atoms with E-state index in [0.717, 1.165) is 11.1 Å². The van der Waals surface area contributed by atoms with Gasteiger partial charge in [-0.3, -0.25) is 4.79 Å². The SMILES string of the molecule is CC(O)(CNC(=O)CSCc1ccc(C#N)cc1)c1ccccc1. The second-order valence-electron chi connectivity index (χ2n) is 5.72. The number of aliphatic hydroxyl groups is 1. The molecule has 1 unspecified atom stereocenters. The van der Waals surface area contributed by atoms with Gasteiger partial charge >= 0.3 is 0 Å². The Balaban J connectivity index is 1.74. The van der Waals surface area contributed by atoms with Crippen molar-refractivity contribution in [2.24, 2.45) is 0 Å². The van der Waals surface area contributed by atoms with E-state index in [1.54, 1.807) is 19.1 Å². The number of thioether (sulfide) groups is 1. The highest BCUT2D eigenvalue weighted by Gasteiger charge is 2.23. The second-order valence-corrected chi connectivity index (χ2v) is 6.70. The lowest BCUT2D eigenvalue weighted by molar-refractivity contribution is -0.119. The zero-order valence-electron chi connectivity index (χ0n) is 13.5. The summed E-state index contributed by atoms with van der Waals surface area (Å²) in [5, 5.41) is 22.0. The highest BCUT2D eigenvalue weighted by molar-refractivity contribution is 7.99. The second kappa shape index (κ2) is 8.53. The van der Waals surface area contributed by atoms with Crippen LogP contribution in [0.25, 0.3) is 0 Å². The van der Waals surface area contributed by atoms with Gasteiger partial charge in [0.1, 0.15) is 5.60 Å². The van der Waals surface area contributed by atoms with E-state index in [1.165, 1.54) is 11.8 Å². The minimum Gasteiger partial charge on any atom is -0.384 e. The zero-order valence-corrected chi connectivity index (χ0v) is 14.3. The first-order valence-electron chi connectivity index (χ1n) is 7.62. The van der Waals surface area contributed by atoms with Gasteiger partial charge in [-0.2, -0.15) is 5.26 Å². The van der Waals surface area contributed by atoms with E-state index >= 15 is 0 Å². The molecule has 0 heterocycles. The molecule has 0 saturated carbocycles. The van der Waals surface area contributed by atoms with E-state index in [1.807, 2.05) is 42.5 Å². The van der Waals surface area contributed by atoms with E-state index in [9.17, 15) is 9.90 Å². The lowest BCUT2D eigenvalue weighted by atomic mass is 9.96.